The van der Waals surface area contributed by atoms with Crippen LogP contribution in [-0.4, -0.2) is 24.1 Å². The maximum Gasteiger partial charge on any atom is 0.338 e. The quantitative estimate of drug-likeness (QED) is 0.269. The number of carbonyl (C=O) groups excluding carboxylic acids is 2. The van der Waals surface area contributed by atoms with Crippen LogP contribution >= 0.6 is 0 Å². The van der Waals surface area contributed by atoms with E-state index >= 15 is 0 Å². The van der Waals surface area contributed by atoms with Crippen molar-refractivity contribution in [2.45, 2.75) is 37.9 Å². The van der Waals surface area contributed by atoms with E-state index in [1.165, 1.54) is 27.8 Å². The topological polar surface area (TPSA) is 52.6 Å². The van der Waals surface area contributed by atoms with Crippen molar-refractivity contribution in [2.75, 3.05) is 0 Å². The third kappa shape index (κ3) is 3.97. The van der Waals surface area contributed by atoms with Crippen LogP contribution in [0.15, 0.2) is 103 Å². The molecule has 0 N–H and O–H groups in total. The summed E-state index contributed by atoms with van der Waals surface area (Å²) < 4.78 is 12.4. The first kappa shape index (κ1) is 23.9. The number of hydrogen-bond donors (Lipinski definition) is 0. The van der Waals surface area contributed by atoms with Crippen molar-refractivity contribution in [2.24, 2.45) is 17.8 Å². The fourth-order valence-corrected chi connectivity index (χ4v) is 7.51. The number of benzene rings is 4. The van der Waals surface area contributed by atoms with Crippen molar-refractivity contribution in [1.29, 1.82) is 0 Å². The number of fused-ring (bicyclic) bond motifs is 7. The van der Waals surface area contributed by atoms with Gasteiger partial charge in [-0.25, -0.2) is 9.59 Å². The first-order valence-electron chi connectivity index (χ1n) is 13.8. The van der Waals surface area contributed by atoms with Gasteiger partial charge in [0.15, 0.2) is 0 Å². The Morgan fingerprint density at radius 3 is 1.82 bits per heavy atom. The van der Waals surface area contributed by atoms with E-state index in [1.54, 1.807) is 24.3 Å². The number of carbonyl (C=O) groups is 2. The normalized spacial score (nSPS) is 26.1. The van der Waals surface area contributed by atoms with Crippen LogP contribution < -0.4 is 0 Å². The molecule has 2 bridgehead atoms. The van der Waals surface area contributed by atoms with Crippen LogP contribution in [0.4, 0.5) is 0 Å². The van der Waals surface area contributed by atoms with Crippen LogP contribution in [0.2, 0.25) is 0 Å². The molecule has 3 aliphatic carbocycles. The largest absolute Gasteiger partial charge is 0.455 e. The lowest BCUT2D eigenvalue weighted by atomic mass is 9.76. The molecule has 2 fully saturated rings. The van der Waals surface area contributed by atoms with Crippen LogP contribution in [-0.2, 0) is 15.9 Å². The van der Waals surface area contributed by atoms with Gasteiger partial charge in [0, 0.05) is 11.8 Å². The van der Waals surface area contributed by atoms with Gasteiger partial charge in [-0.1, -0.05) is 78.9 Å². The van der Waals surface area contributed by atoms with Crippen molar-refractivity contribution in [1.82, 2.24) is 0 Å². The van der Waals surface area contributed by atoms with Gasteiger partial charge in [-0.15, -0.1) is 0 Å². The Labute approximate surface area is 228 Å². The van der Waals surface area contributed by atoms with E-state index in [0.29, 0.717) is 17.0 Å². The second kappa shape index (κ2) is 9.53. The second-order valence-electron chi connectivity index (χ2n) is 11.1. The van der Waals surface area contributed by atoms with E-state index in [0.717, 1.165) is 12.8 Å². The zero-order chi connectivity index (χ0) is 26.5. The number of rotatable bonds is 5. The molecule has 39 heavy (non-hydrogen) atoms. The van der Waals surface area contributed by atoms with Gasteiger partial charge in [-0.3, -0.25) is 0 Å². The molecule has 6 atom stereocenters. The van der Waals surface area contributed by atoms with Gasteiger partial charge in [0.1, 0.15) is 12.2 Å². The Bertz CT molecular complexity index is 1540. The highest BCUT2D eigenvalue weighted by atomic mass is 16.6. The summed E-state index contributed by atoms with van der Waals surface area (Å²) in [6.07, 6.45) is 0.894. The first-order chi connectivity index (χ1) is 19.1. The summed E-state index contributed by atoms with van der Waals surface area (Å²) in [5, 5.41) is 0. The Kier molecular flexibility index (Phi) is 5.84. The maximum absolute atomic E-state index is 13.2. The molecule has 4 aromatic rings. The molecule has 0 heterocycles. The van der Waals surface area contributed by atoms with Gasteiger partial charge in [-0.2, -0.15) is 0 Å². The molecule has 7 rings (SSSR count). The lowest BCUT2D eigenvalue weighted by molar-refractivity contribution is -0.0698. The van der Waals surface area contributed by atoms with Crippen molar-refractivity contribution < 1.29 is 19.1 Å². The maximum atomic E-state index is 13.2. The lowest BCUT2D eigenvalue weighted by Gasteiger charge is -2.37. The zero-order valence-corrected chi connectivity index (χ0v) is 21.8. The Hall–Kier alpha value is -4.18. The van der Waals surface area contributed by atoms with Gasteiger partial charge >= 0.3 is 11.9 Å². The number of ether oxygens (including phenoxy) is 2. The fraction of sp³-hybridized carbons (Fsp3) is 0.257. The highest BCUT2D eigenvalue weighted by Gasteiger charge is 2.63. The molecular formula is C35H30O4. The summed E-state index contributed by atoms with van der Waals surface area (Å²) >= 11 is 0. The number of esters is 2. The van der Waals surface area contributed by atoms with Gasteiger partial charge < -0.3 is 9.47 Å². The number of hydrogen-bond acceptors (Lipinski definition) is 4. The lowest BCUT2D eigenvalue weighted by Crippen LogP contribution is -2.45. The van der Waals surface area contributed by atoms with E-state index in [1.807, 2.05) is 36.4 Å². The zero-order valence-electron chi connectivity index (χ0n) is 21.8. The second-order valence-corrected chi connectivity index (χ2v) is 11.1. The Balaban J connectivity index is 1.25. The van der Waals surface area contributed by atoms with Crippen molar-refractivity contribution >= 4 is 11.9 Å². The molecule has 194 valence electrons. The summed E-state index contributed by atoms with van der Waals surface area (Å²) in [7, 11) is 0. The molecule has 3 aliphatic rings. The standard InChI is InChI=1S/C35H30O4/c1-21-11-8-9-16-24(21)25-17-10-18-26-27(25)19-28-29-20-30(31(26)28)33(39-35(37)23-14-6-3-7-15-23)32(29)38-34(36)22-12-4-2-5-13-22/h2-18,28-33H,19-20H2,1H3. The summed E-state index contributed by atoms with van der Waals surface area (Å²) in [5.41, 5.74) is 7.59. The smallest absolute Gasteiger partial charge is 0.338 e. The molecule has 4 aromatic carbocycles. The van der Waals surface area contributed by atoms with Gasteiger partial charge in [0.05, 0.1) is 11.1 Å². The van der Waals surface area contributed by atoms with Crippen LogP contribution in [0.3, 0.4) is 0 Å². The van der Waals surface area contributed by atoms with Crippen molar-refractivity contribution in [3.05, 3.63) is 131 Å². The Morgan fingerprint density at radius 2 is 1.18 bits per heavy atom. The van der Waals surface area contributed by atoms with Crippen molar-refractivity contribution in [3.63, 3.8) is 0 Å². The van der Waals surface area contributed by atoms with Crippen LogP contribution in [0.5, 0.6) is 0 Å². The van der Waals surface area contributed by atoms with E-state index in [9.17, 15) is 9.59 Å². The molecule has 0 radical (unpaired) electrons. The third-order valence-corrected chi connectivity index (χ3v) is 9.14. The van der Waals surface area contributed by atoms with Gasteiger partial charge in [-0.05, 0) is 83.7 Å². The first-order valence-corrected chi connectivity index (χ1v) is 13.8. The minimum atomic E-state index is -0.482. The van der Waals surface area contributed by atoms with Gasteiger partial charge in [0.25, 0.3) is 0 Å². The number of aryl methyl sites for hydroxylation is 1. The molecule has 0 spiro atoms. The molecule has 0 aliphatic heterocycles. The summed E-state index contributed by atoms with van der Waals surface area (Å²) in [5.74, 6) is 0.163. The molecule has 0 amide bonds. The van der Waals surface area contributed by atoms with E-state index in [2.05, 4.69) is 49.4 Å². The summed E-state index contributed by atoms with van der Waals surface area (Å²) in [6.45, 7) is 2.16. The summed E-state index contributed by atoms with van der Waals surface area (Å²) in [4.78, 5) is 26.4. The molecule has 6 unspecified atom stereocenters. The minimum Gasteiger partial charge on any atom is -0.455 e. The molecule has 0 aromatic heterocycles. The monoisotopic (exact) mass is 514 g/mol. The SMILES string of the molecule is Cc1ccccc1-c1cccc2c1CC1C3CC(C(OC(=O)c4ccccc4)C3OC(=O)c3ccccc3)C21. The average Bonchev–Trinajstić information content (AvgIpc) is 3.64. The van der Waals surface area contributed by atoms with Crippen LogP contribution in [0.1, 0.15) is 49.7 Å². The van der Waals surface area contributed by atoms with E-state index in [-0.39, 0.29) is 29.7 Å². The third-order valence-electron chi connectivity index (χ3n) is 9.14. The van der Waals surface area contributed by atoms with E-state index < -0.39 is 12.2 Å². The molecule has 0 saturated heterocycles. The highest BCUT2D eigenvalue weighted by Crippen LogP contribution is 2.63. The van der Waals surface area contributed by atoms with Crippen LogP contribution in [0.25, 0.3) is 11.1 Å². The molecule has 2 saturated carbocycles. The molecular weight excluding hydrogens is 484 g/mol. The average molecular weight is 515 g/mol. The highest BCUT2D eigenvalue weighted by molar-refractivity contribution is 5.90. The molecule has 4 heteroatoms. The van der Waals surface area contributed by atoms with Crippen molar-refractivity contribution in [3.8, 4) is 11.1 Å². The summed E-state index contributed by atoms with van der Waals surface area (Å²) in [6, 6.07) is 33.3. The van der Waals surface area contributed by atoms with Crippen LogP contribution in [0, 0.1) is 24.7 Å². The van der Waals surface area contributed by atoms with Gasteiger partial charge in [0.2, 0.25) is 0 Å². The predicted molar refractivity (Wildman–Crippen MR) is 149 cm³/mol. The molecule has 4 nitrogen and oxygen atoms in total. The van der Waals surface area contributed by atoms with E-state index in [4.69, 9.17) is 9.47 Å². The minimum absolute atomic E-state index is 0.106. The fourth-order valence-electron chi connectivity index (χ4n) is 7.51. The predicted octanol–water partition coefficient (Wildman–Crippen LogP) is 7.02. The Morgan fingerprint density at radius 1 is 0.615 bits per heavy atom.